The van der Waals surface area contributed by atoms with Crippen LogP contribution in [0.3, 0.4) is 0 Å². The van der Waals surface area contributed by atoms with Gasteiger partial charge in [0.2, 0.25) is 5.91 Å². The Kier molecular flexibility index (Phi) is 5.91. The molecule has 0 saturated heterocycles. The Hall–Kier alpha value is -2.14. The minimum atomic E-state index is -0.364. The summed E-state index contributed by atoms with van der Waals surface area (Å²) in [7, 11) is 1.88. The summed E-state index contributed by atoms with van der Waals surface area (Å²) in [6, 6.07) is 5.57. The summed E-state index contributed by atoms with van der Waals surface area (Å²) in [5.74, 6) is 0.348. The largest absolute Gasteiger partial charge is 0.423 e. The quantitative estimate of drug-likeness (QED) is 0.830. The van der Waals surface area contributed by atoms with E-state index in [1.807, 2.05) is 45.7 Å². The zero-order chi connectivity index (χ0) is 19.6. The van der Waals surface area contributed by atoms with Gasteiger partial charge in [-0.25, -0.2) is 4.79 Å². The molecule has 5 nitrogen and oxygen atoms in total. The van der Waals surface area contributed by atoms with Crippen LogP contribution >= 0.6 is 0 Å². The molecular formula is C21H30N2O3. The minimum absolute atomic E-state index is 0.0361. The Balaban J connectivity index is 2.32. The van der Waals surface area contributed by atoms with Crippen LogP contribution in [0.25, 0.3) is 11.0 Å². The number of carbonyl (C=O) groups is 1. The fourth-order valence-corrected chi connectivity index (χ4v) is 3.19. The summed E-state index contributed by atoms with van der Waals surface area (Å²) in [5, 5.41) is 3.89. The SMILES string of the molecule is Cc1cc2oc(=O)cc(CN(C)CC(=O)NC(C)(C)C)c2cc1C(C)C. The van der Waals surface area contributed by atoms with Gasteiger partial charge in [-0.2, -0.15) is 0 Å². The van der Waals surface area contributed by atoms with Crippen molar-refractivity contribution in [2.24, 2.45) is 0 Å². The van der Waals surface area contributed by atoms with Crippen molar-refractivity contribution >= 4 is 16.9 Å². The van der Waals surface area contributed by atoms with Gasteiger partial charge < -0.3 is 9.73 Å². The molecule has 1 N–H and O–H groups in total. The van der Waals surface area contributed by atoms with Gasteiger partial charge in [0.1, 0.15) is 5.58 Å². The minimum Gasteiger partial charge on any atom is -0.423 e. The maximum atomic E-state index is 12.1. The van der Waals surface area contributed by atoms with E-state index in [-0.39, 0.29) is 23.6 Å². The molecule has 0 aliphatic carbocycles. The summed E-state index contributed by atoms with van der Waals surface area (Å²) in [6.07, 6.45) is 0. The molecule has 0 aliphatic heterocycles. The summed E-state index contributed by atoms with van der Waals surface area (Å²) in [6.45, 7) is 13.0. The third kappa shape index (κ3) is 5.18. The molecule has 1 aromatic carbocycles. The van der Waals surface area contributed by atoms with E-state index >= 15 is 0 Å². The van der Waals surface area contributed by atoms with Crippen LogP contribution in [-0.2, 0) is 11.3 Å². The molecule has 1 amide bonds. The number of aryl methyl sites for hydroxylation is 1. The van der Waals surface area contributed by atoms with E-state index in [2.05, 4.69) is 25.2 Å². The van der Waals surface area contributed by atoms with Crippen LogP contribution in [0.1, 0.15) is 57.2 Å². The molecule has 0 radical (unpaired) electrons. The fraction of sp³-hybridized carbons (Fsp3) is 0.524. The maximum absolute atomic E-state index is 12.1. The van der Waals surface area contributed by atoms with E-state index in [1.165, 1.54) is 11.6 Å². The van der Waals surface area contributed by atoms with Crippen LogP contribution in [0.5, 0.6) is 0 Å². The lowest BCUT2D eigenvalue weighted by molar-refractivity contribution is -0.123. The number of fused-ring (bicyclic) bond motifs is 1. The lowest BCUT2D eigenvalue weighted by atomic mass is 9.95. The van der Waals surface area contributed by atoms with Crippen molar-refractivity contribution in [1.82, 2.24) is 10.2 Å². The molecule has 0 atom stereocenters. The highest BCUT2D eigenvalue weighted by Gasteiger charge is 2.17. The van der Waals surface area contributed by atoms with Crippen LogP contribution in [0.4, 0.5) is 0 Å². The fourth-order valence-electron chi connectivity index (χ4n) is 3.19. The van der Waals surface area contributed by atoms with Crippen molar-refractivity contribution < 1.29 is 9.21 Å². The average Bonchev–Trinajstić information content (AvgIpc) is 2.43. The van der Waals surface area contributed by atoms with Crippen LogP contribution in [0.2, 0.25) is 0 Å². The Labute approximate surface area is 155 Å². The van der Waals surface area contributed by atoms with E-state index in [4.69, 9.17) is 4.42 Å². The molecule has 0 unspecified atom stereocenters. The van der Waals surface area contributed by atoms with E-state index < -0.39 is 0 Å². The normalized spacial score (nSPS) is 12.2. The highest BCUT2D eigenvalue weighted by molar-refractivity contribution is 5.82. The predicted octanol–water partition coefficient (Wildman–Crippen LogP) is 3.57. The first kappa shape index (κ1) is 20.2. The number of nitrogens with zero attached hydrogens (tertiary/aromatic N) is 1. The molecule has 0 aliphatic rings. The molecule has 142 valence electrons. The van der Waals surface area contributed by atoms with Gasteiger partial charge in [-0.3, -0.25) is 9.69 Å². The van der Waals surface area contributed by atoms with Gasteiger partial charge in [-0.15, -0.1) is 0 Å². The standard InChI is InChI=1S/C21H30N2O3/c1-13(2)16-10-17-15(9-20(25)26-18(17)8-14(16)3)11-23(7)12-19(24)22-21(4,5)6/h8-10,13H,11-12H2,1-7H3,(H,22,24). The zero-order valence-corrected chi connectivity index (χ0v) is 16.9. The number of hydrogen-bond donors (Lipinski definition) is 1. The first-order chi connectivity index (χ1) is 12.0. The maximum Gasteiger partial charge on any atom is 0.336 e. The molecule has 0 saturated carbocycles. The Morgan fingerprint density at radius 3 is 2.46 bits per heavy atom. The van der Waals surface area contributed by atoms with Crippen molar-refractivity contribution in [3.05, 3.63) is 45.3 Å². The lowest BCUT2D eigenvalue weighted by Gasteiger charge is -2.23. The monoisotopic (exact) mass is 358 g/mol. The highest BCUT2D eigenvalue weighted by atomic mass is 16.4. The lowest BCUT2D eigenvalue weighted by Crippen LogP contribution is -2.45. The van der Waals surface area contributed by atoms with E-state index in [9.17, 15) is 9.59 Å². The molecule has 1 aromatic heterocycles. The van der Waals surface area contributed by atoms with Crippen molar-refractivity contribution in [1.29, 1.82) is 0 Å². The number of benzene rings is 1. The number of rotatable bonds is 5. The second kappa shape index (κ2) is 7.62. The third-order valence-corrected chi connectivity index (χ3v) is 4.21. The van der Waals surface area contributed by atoms with Crippen molar-refractivity contribution in [3.63, 3.8) is 0 Å². The molecule has 2 rings (SSSR count). The van der Waals surface area contributed by atoms with Crippen molar-refractivity contribution in [2.75, 3.05) is 13.6 Å². The van der Waals surface area contributed by atoms with Gasteiger partial charge in [-0.05, 0) is 69.5 Å². The molecule has 0 spiro atoms. The van der Waals surface area contributed by atoms with Gasteiger partial charge in [0.05, 0.1) is 6.54 Å². The second-order valence-electron chi connectivity index (χ2n) is 8.42. The van der Waals surface area contributed by atoms with Gasteiger partial charge >= 0.3 is 5.63 Å². The first-order valence-corrected chi connectivity index (χ1v) is 9.03. The van der Waals surface area contributed by atoms with Gasteiger partial charge in [0, 0.05) is 23.5 Å². The summed E-state index contributed by atoms with van der Waals surface area (Å²) >= 11 is 0. The Morgan fingerprint density at radius 2 is 1.88 bits per heavy atom. The molecule has 0 bridgehead atoms. The summed E-state index contributed by atoms with van der Waals surface area (Å²) in [5.41, 5.74) is 3.21. The third-order valence-electron chi connectivity index (χ3n) is 4.21. The molecule has 26 heavy (non-hydrogen) atoms. The molecule has 2 aromatic rings. The number of carbonyl (C=O) groups excluding carboxylic acids is 1. The molecule has 1 heterocycles. The molecule has 5 heteroatoms. The van der Waals surface area contributed by atoms with Gasteiger partial charge in [-0.1, -0.05) is 13.8 Å². The van der Waals surface area contributed by atoms with Gasteiger partial charge in [0.25, 0.3) is 0 Å². The highest BCUT2D eigenvalue weighted by Crippen LogP contribution is 2.27. The first-order valence-electron chi connectivity index (χ1n) is 9.03. The number of hydrogen-bond acceptors (Lipinski definition) is 4. The number of amides is 1. The Bertz CT molecular complexity index is 860. The number of nitrogens with one attached hydrogen (secondary N) is 1. The van der Waals surface area contributed by atoms with E-state index in [0.29, 0.717) is 18.0 Å². The van der Waals surface area contributed by atoms with Crippen LogP contribution in [0, 0.1) is 6.92 Å². The van der Waals surface area contributed by atoms with Crippen LogP contribution in [0.15, 0.2) is 27.4 Å². The van der Waals surface area contributed by atoms with Crippen molar-refractivity contribution in [3.8, 4) is 0 Å². The summed E-state index contributed by atoms with van der Waals surface area (Å²) < 4.78 is 5.39. The average molecular weight is 358 g/mol. The molecule has 0 fully saturated rings. The Morgan fingerprint density at radius 1 is 1.23 bits per heavy atom. The predicted molar refractivity (Wildman–Crippen MR) is 106 cm³/mol. The van der Waals surface area contributed by atoms with Crippen LogP contribution in [-0.4, -0.2) is 29.9 Å². The number of likely N-dealkylation sites (N-methyl/N-ethyl adjacent to an activating group) is 1. The topological polar surface area (TPSA) is 62.6 Å². The van der Waals surface area contributed by atoms with E-state index in [1.54, 1.807) is 0 Å². The van der Waals surface area contributed by atoms with E-state index in [0.717, 1.165) is 16.5 Å². The van der Waals surface area contributed by atoms with Gasteiger partial charge in [0.15, 0.2) is 0 Å². The zero-order valence-electron chi connectivity index (χ0n) is 16.9. The smallest absolute Gasteiger partial charge is 0.336 e. The van der Waals surface area contributed by atoms with Crippen LogP contribution < -0.4 is 10.9 Å². The summed E-state index contributed by atoms with van der Waals surface area (Å²) in [4.78, 5) is 26.0. The molecular weight excluding hydrogens is 328 g/mol. The van der Waals surface area contributed by atoms with Crippen molar-refractivity contribution in [2.45, 2.75) is 59.5 Å². The second-order valence-corrected chi connectivity index (χ2v) is 8.42.